The summed E-state index contributed by atoms with van der Waals surface area (Å²) in [4.78, 5) is 0. The van der Waals surface area contributed by atoms with Gasteiger partial charge in [0.2, 0.25) is 0 Å². The molecule has 2 aromatic carbocycles. The molecule has 0 aliphatic heterocycles. The van der Waals surface area contributed by atoms with Crippen LogP contribution in [0.4, 0.5) is 35.1 Å². The van der Waals surface area contributed by atoms with Gasteiger partial charge in [0.25, 0.3) is 6.43 Å². The molecule has 0 amide bonds. The summed E-state index contributed by atoms with van der Waals surface area (Å²) in [6.07, 6.45) is 6.36. The Balaban J connectivity index is 1.34. The number of halogens is 8. The first-order valence-corrected chi connectivity index (χ1v) is 15.1. The van der Waals surface area contributed by atoms with E-state index in [2.05, 4.69) is 16.4 Å². The average molecular weight is 619 g/mol. The highest BCUT2D eigenvalue weighted by Gasteiger charge is 2.42. The maximum absolute atomic E-state index is 14.9. The van der Waals surface area contributed by atoms with Gasteiger partial charge in [0.05, 0.1) is 6.26 Å². The molecular formula is C33H38F8O2. The lowest BCUT2D eigenvalue weighted by atomic mass is 9.74. The number of hydrogen-bond donors (Lipinski definition) is 0. The zero-order valence-corrected chi connectivity index (χ0v) is 24.2. The maximum Gasteiger partial charge on any atom is 0.432 e. The normalized spacial score (nSPS) is 23.2. The van der Waals surface area contributed by atoms with Crippen molar-refractivity contribution in [1.82, 2.24) is 0 Å². The smallest absolute Gasteiger partial charge is 0.432 e. The minimum Gasteiger partial charge on any atom is -0.459 e. The number of rotatable bonds is 12. The van der Waals surface area contributed by atoms with E-state index in [-0.39, 0.29) is 17.6 Å². The lowest BCUT2D eigenvalue weighted by molar-refractivity contribution is -0.189. The van der Waals surface area contributed by atoms with E-state index in [1.165, 1.54) is 44.9 Å². The van der Waals surface area contributed by atoms with Crippen molar-refractivity contribution < 1.29 is 44.6 Å². The van der Waals surface area contributed by atoms with Crippen molar-refractivity contribution in [2.45, 2.75) is 102 Å². The summed E-state index contributed by atoms with van der Waals surface area (Å²) in [6.45, 7) is 2.24. The van der Waals surface area contributed by atoms with E-state index >= 15 is 0 Å². The number of ether oxygens (including phenoxy) is 2. The fraction of sp³-hybridized carbons (Fsp3) is 0.576. The highest BCUT2D eigenvalue weighted by molar-refractivity contribution is 5.37. The van der Waals surface area contributed by atoms with E-state index in [0.717, 1.165) is 43.2 Å². The van der Waals surface area contributed by atoms with Crippen LogP contribution in [0.3, 0.4) is 0 Å². The van der Waals surface area contributed by atoms with Gasteiger partial charge in [-0.25, -0.2) is 26.3 Å². The second kappa shape index (κ2) is 14.8. The molecule has 2 saturated carbocycles. The van der Waals surface area contributed by atoms with Gasteiger partial charge in [-0.3, -0.25) is 0 Å². The minimum absolute atomic E-state index is 0.164. The van der Waals surface area contributed by atoms with Gasteiger partial charge >= 0.3 is 6.11 Å². The average Bonchev–Trinajstić information content (AvgIpc) is 2.93. The van der Waals surface area contributed by atoms with E-state index in [4.69, 9.17) is 0 Å². The lowest BCUT2D eigenvalue weighted by Gasteiger charge is -2.32. The minimum atomic E-state index is -4.61. The van der Waals surface area contributed by atoms with Gasteiger partial charge < -0.3 is 9.47 Å². The van der Waals surface area contributed by atoms with Crippen molar-refractivity contribution >= 4 is 0 Å². The van der Waals surface area contributed by atoms with Crippen LogP contribution in [0.5, 0.6) is 11.5 Å². The molecule has 2 aromatic rings. The summed E-state index contributed by atoms with van der Waals surface area (Å²) in [5.41, 5.74) is -1.39. The zero-order valence-electron chi connectivity index (χ0n) is 24.2. The van der Waals surface area contributed by atoms with Gasteiger partial charge in [0, 0.05) is 18.2 Å². The molecule has 0 heterocycles. The zero-order chi connectivity index (χ0) is 31.1. The number of allylic oxidation sites excluding steroid dienone is 1. The van der Waals surface area contributed by atoms with Crippen LogP contribution in [0.1, 0.15) is 101 Å². The lowest BCUT2D eigenvalue weighted by Crippen LogP contribution is -2.26. The molecule has 2 aliphatic rings. The van der Waals surface area contributed by atoms with E-state index in [9.17, 15) is 35.1 Å². The van der Waals surface area contributed by atoms with Gasteiger partial charge in [-0.2, -0.15) is 8.78 Å². The number of benzene rings is 2. The third-order valence-electron chi connectivity index (χ3n) is 8.95. The molecular weight excluding hydrogens is 580 g/mol. The van der Waals surface area contributed by atoms with Gasteiger partial charge in [0.1, 0.15) is 22.9 Å². The Labute approximate surface area is 247 Å². The SMILES string of the molecule is CCCC1CCC(CCC2CCC(c3cc(F)c(C(F)(F)Oc4cc(F)c(OC=CC(F)F)c(F)c4)c(F)c3)CC2)CC1. The molecule has 43 heavy (non-hydrogen) atoms. The molecule has 238 valence electrons. The van der Waals surface area contributed by atoms with Crippen molar-refractivity contribution in [3.8, 4) is 11.5 Å². The summed E-state index contributed by atoms with van der Waals surface area (Å²) in [5, 5.41) is 0. The van der Waals surface area contributed by atoms with Crippen molar-refractivity contribution in [3.05, 3.63) is 71.0 Å². The molecule has 0 N–H and O–H groups in total. The van der Waals surface area contributed by atoms with Crippen LogP contribution in [-0.2, 0) is 6.11 Å². The molecule has 4 rings (SSSR count). The third-order valence-corrected chi connectivity index (χ3v) is 8.95. The van der Waals surface area contributed by atoms with Gasteiger partial charge in [-0.05, 0) is 67.1 Å². The maximum atomic E-state index is 14.9. The summed E-state index contributed by atoms with van der Waals surface area (Å²) in [7, 11) is 0. The first-order chi connectivity index (χ1) is 20.5. The molecule has 0 unspecified atom stereocenters. The van der Waals surface area contributed by atoms with Crippen molar-refractivity contribution in [3.63, 3.8) is 0 Å². The topological polar surface area (TPSA) is 18.5 Å². The molecule has 0 atom stereocenters. The summed E-state index contributed by atoms with van der Waals surface area (Å²) in [6, 6.07) is 2.34. The van der Waals surface area contributed by atoms with Crippen molar-refractivity contribution in [2.75, 3.05) is 0 Å². The summed E-state index contributed by atoms with van der Waals surface area (Å²) >= 11 is 0. The van der Waals surface area contributed by atoms with E-state index < -0.39 is 52.9 Å². The second-order valence-electron chi connectivity index (χ2n) is 11.9. The van der Waals surface area contributed by atoms with Crippen LogP contribution in [0, 0.1) is 41.0 Å². The Kier molecular flexibility index (Phi) is 11.4. The first-order valence-electron chi connectivity index (χ1n) is 15.1. The predicted octanol–water partition coefficient (Wildman–Crippen LogP) is 11.2. The summed E-state index contributed by atoms with van der Waals surface area (Å²) < 4.78 is 121. The fourth-order valence-electron chi connectivity index (χ4n) is 6.65. The second-order valence-corrected chi connectivity index (χ2v) is 11.9. The van der Waals surface area contributed by atoms with Gasteiger partial charge in [0.15, 0.2) is 17.4 Å². The molecule has 0 radical (unpaired) electrons. The number of alkyl halides is 4. The molecule has 2 nitrogen and oxygen atoms in total. The van der Waals surface area contributed by atoms with E-state index in [0.29, 0.717) is 37.2 Å². The quantitative estimate of drug-likeness (QED) is 0.174. The standard InChI is InChI=1S/C33H38F8O2/c1-2-3-20-4-6-21(7-5-20)8-9-22-10-12-23(13-11-22)24-16-26(34)31(27(35)17-24)33(40,41)43-25-18-28(36)32(29(37)19-25)42-15-14-30(38)39/h14-23,30H,2-13H2,1H3. The fourth-order valence-corrected chi connectivity index (χ4v) is 6.65. The molecule has 0 aromatic heterocycles. The Morgan fingerprint density at radius 1 is 0.744 bits per heavy atom. The van der Waals surface area contributed by atoms with Gasteiger partial charge in [-0.15, -0.1) is 0 Å². The van der Waals surface area contributed by atoms with Crippen LogP contribution in [-0.4, -0.2) is 6.43 Å². The largest absolute Gasteiger partial charge is 0.459 e. The predicted molar refractivity (Wildman–Crippen MR) is 147 cm³/mol. The van der Waals surface area contributed by atoms with Gasteiger partial charge in [-0.1, -0.05) is 58.3 Å². The van der Waals surface area contributed by atoms with Crippen LogP contribution >= 0.6 is 0 Å². The highest BCUT2D eigenvalue weighted by Crippen LogP contribution is 2.43. The van der Waals surface area contributed by atoms with Crippen LogP contribution in [0.2, 0.25) is 0 Å². The number of hydrogen-bond acceptors (Lipinski definition) is 2. The van der Waals surface area contributed by atoms with Crippen molar-refractivity contribution in [2.24, 2.45) is 17.8 Å². The molecule has 2 aliphatic carbocycles. The Bertz CT molecular complexity index is 1190. The van der Waals surface area contributed by atoms with E-state index in [1.54, 1.807) is 0 Å². The molecule has 10 heteroatoms. The highest BCUT2D eigenvalue weighted by atomic mass is 19.3. The van der Waals surface area contributed by atoms with E-state index in [1.807, 2.05) is 0 Å². The monoisotopic (exact) mass is 618 g/mol. The first kappa shape index (κ1) is 33.1. The van der Waals surface area contributed by atoms with Crippen LogP contribution in [0.15, 0.2) is 36.6 Å². The molecule has 2 fully saturated rings. The summed E-state index contributed by atoms with van der Waals surface area (Å²) in [5.74, 6) is -6.33. The van der Waals surface area contributed by atoms with Crippen molar-refractivity contribution in [1.29, 1.82) is 0 Å². The Hall–Kier alpha value is -2.78. The third kappa shape index (κ3) is 8.88. The Morgan fingerprint density at radius 3 is 1.72 bits per heavy atom. The molecule has 0 spiro atoms. The van der Waals surface area contributed by atoms with Crippen LogP contribution < -0.4 is 9.47 Å². The molecule has 0 bridgehead atoms. The molecule has 0 saturated heterocycles. The Morgan fingerprint density at radius 2 is 1.23 bits per heavy atom. The van der Waals surface area contributed by atoms with Crippen LogP contribution in [0.25, 0.3) is 0 Å².